The maximum absolute atomic E-state index is 13.4. The summed E-state index contributed by atoms with van der Waals surface area (Å²) in [6.45, 7) is 23.8. The number of hydrogen-bond donors (Lipinski definition) is 0. The van der Waals surface area contributed by atoms with Crippen molar-refractivity contribution < 1.29 is 28.2 Å². The molecule has 0 radical (unpaired) electrons. The normalized spacial score (nSPS) is 28.8. The highest BCUT2D eigenvalue weighted by molar-refractivity contribution is 6.74. The van der Waals surface area contributed by atoms with Gasteiger partial charge in [0.2, 0.25) is 6.29 Å². The van der Waals surface area contributed by atoms with Gasteiger partial charge in [0.1, 0.15) is 5.75 Å². The Morgan fingerprint density at radius 3 is 2.21 bits per heavy atom. The zero-order valence-corrected chi connectivity index (χ0v) is 29.3. The van der Waals surface area contributed by atoms with Crippen molar-refractivity contribution in [3.8, 4) is 29.1 Å². The number of hydrogen-bond acceptors (Lipinski definition) is 6. The van der Waals surface area contributed by atoms with E-state index in [4.69, 9.17) is 23.4 Å². The van der Waals surface area contributed by atoms with Crippen molar-refractivity contribution in [3.63, 3.8) is 0 Å². The molecule has 0 unspecified atom stereocenters. The maximum atomic E-state index is 13.4. The van der Waals surface area contributed by atoms with Crippen LogP contribution in [0.3, 0.4) is 0 Å². The molecule has 1 fully saturated rings. The molecule has 0 spiro atoms. The molecule has 2 aliphatic heterocycles. The number of fused-ring (bicyclic) bond motifs is 4. The smallest absolute Gasteiger partial charge is 0.313 e. The van der Waals surface area contributed by atoms with Crippen LogP contribution in [0.15, 0.2) is 11.6 Å². The third-order valence-corrected chi connectivity index (χ3v) is 13.6. The number of esters is 1. The van der Waals surface area contributed by atoms with E-state index in [2.05, 4.69) is 79.5 Å². The highest BCUT2D eigenvalue weighted by atomic mass is 28.4. The lowest BCUT2D eigenvalue weighted by Gasteiger charge is -2.40. The van der Waals surface area contributed by atoms with Crippen LogP contribution in [0, 0.1) is 42.4 Å². The zero-order valence-electron chi connectivity index (χ0n) is 28.3. The van der Waals surface area contributed by atoms with E-state index in [1.807, 2.05) is 13.8 Å². The molecule has 7 heteroatoms. The van der Waals surface area contributed by atoms with Gasteiger partial charge in [-0.1, -0.05) is 65.0 Å². The predicted octanol–water partition coefficient (Wildman–Crippen LogP) is 8.75. The number of carbonyl (C=O) groups is 1. The largest absolute Gasteiger partial charge is 0.541 e. The Bertz CT molecular complexity index is 1230. The molecule has 234 valence electrons. The summed E-state index contributed by atoms with van der Waals surface area (Å²) in [6, 6.07) is 0. The van der Waals surface area contributed by atoms with E-state index in [1.165, 1.54) is 5.57 Å². The van der Waals surface area contributed by atoms with Gasteiger partial charge in [-0.3, -0.25) is 4.79 Å². The summed E-state index contributed by atoms with van der Waals surface area (Å²) in [5.41, 5.74) is 3.40. The third-order valence-electron chi connectivity index (χ3n) is 9.23. The van der Waals surface area contributed by atoms with Gasteiger partial charge in [0.15, 0.2) is 11.5 Å². The van der Waals surface area contributed by atoms with Gasteiger partial charge >= 0.3 is 5.97 Å². The van der Waals surface area contributed by atoms with Crippen LogP contribution < -0.4 is 13.9 Å². The topological polar surface area (TPSA) is 63.2 Å². The second-order valence-corrected chi connectivity index (χ2v) is 18.9. The molecule has 1 saturated heterocycles. The van der Waals surface area contributed by atoms with Gasteiger partial charge in [0.05, 0.1) is 37.4 Å². The Balaban J connectivity index is 2.35. The number of ether oxygens (including phenoxy) is 4. The minimum atomic E-state index is -2.38. The van der Waals surface area contributed by atoms with E-state index in [1.54, 1.807) is 14.2 Å². The van der Waals surface area contributed by atoms with E-state index in [0.29, 0.717) is 40.2 Å². The summed E-state index contributed by atoms with van der Waals surface area (Å²) >= 11 is 0. The Morgan fingerprint density at radius 2 is 1.62 bits per heavy atom. The van der Waals surface area contributed by atoms with E-state index in [0.717, 1.165) is 31.2 Å². The molecule has 0 saturated carbocycles. The van der Waals surface area contributed by atoms with Gasteiger partial charge in [-0.25, -0.2) is 0 Å². The number of benzene rings is 1. The summed E-state index contributed by atoms with van der Waals surface area (Å²) < 4.78 is 31.7. The minimum absolute atomic E-state index is 0.0870. The first-order valence-electron chi connectivity index (χ1n) is 15.5. The van der Waals surface area contributed by atoms with Crippen LogP contribution in [0.2, 0.25) is 18.1 Å². The molecule has 2 bridgehead atoms. The quantitative estimate of drug-likeness (QED) is 0.149. The first kappa shape index (κ1) is 34.1. The lowest BCUT2D eigenvalue weighted by Crippen LogP contribution is -2.45. The first-order chi connectivity index (χ1) is 19.5. The van der Waals surface area contributed by atoms with Crippen LogP contribution in [0.25, 0.3) is 0 Å². The zero-order chi connectivity index (χ0) is 31.6. The van der Waals surface area contributed by atoms with Crippen molar-refractivity contribution in [2.24, 2.45) is 23.7 Å². The van der Waals surface area contributed by atoms with E-state index in [9.17, 15) is 4.79 Å². The molecule has 0 aromatic heterocycles. The van der Waals surface area contributed by atoms with Crippen molar-refractivity contribution in [3.05, 3.63) is 28.3 Å². The number of rotatable bonds is 4. The highest BCUT2D eigenvalue weighted by Crippen LogP contribution is 2.51. The van der Waals surface area contributed by atoms with Crippen molar-refractivity contribution in [2.45, 2.75) is 119 Å². The fraction of sp³-hybridized carbons (Fsp3) is 0.686. The summed E-state index contributed by atoms with van der Waals surface area (Å²) in [6.07, 6.45) is 4.74. The van der Waals surface area contributed by atoms with E-state index >= 15 is 0 Å². The number of methoxy groups -OCH3 is 2. The molecule has 0 aliphatic carbocycles. The van der Waals surface area contributed by atoms with E-state index < -0.39 is 14.6 Å². The van der Waals surface area contributed by atoms with Gasteiger partial charge in [-0.2, -0.15) is 0 Å². The van der Waals surface area contributed by atoms with Crippen LogP contribution in [-0.2, 0) is 14.3 Å². The second-order valence-electron chi connectivity index (χ2n) is 14.2. The van der Waals surface area contributed by atoms with Crippen LogP contribution in [0.1, 0.15) is 104 Å². The molecule has 2 aliphatic rings. The van der Waals surface area contributed by atoms with Crippen LogP contribution >= 0.6 is 0 Å². The lowest BCUT2D eigenvalue weighted by molar-refractivity contribution is -0.233. The van der Waals surface area contributed by atoms with Crippen LogP contribution in [-0.4, -0.2) is 34.6 Å². The first-order valence-corrected chi connectivity index (χ1v) is 18.4. The van der Waals surface area contributed by atoms with Crippen molar-refractivity contribution in [1.82, 2.24) is 0 Å². The summed E-state index contributed by atoms with van der Waals surface area (Å²) in [4.78, 5) is 13.4. The molecule has 42 heavy (non-hydrogen) atoms. The number of allylic oxidation sites excluding steroid dienone is 2. The van der Waals surface area contributed by atoms with Crippen molar-refractivity contribution >= 4 is 14.3 Å². The van der Waals surface area contributed by atoms with Gasteiger partial charge in [-0.15, -0.1) is 0 Å². The van der Waals surface area contributed by atoms with Crippen molar-refractivity contribution in [2.75, 3.05) is 14.2 Å². The van der Waals surface area contributed by atoms with Crippen molar-refractivity contribution in [1.29, 1.82) is 0 Å². The Hall–Kier alpha value is -2.43. The number of carbonyl (C=O) groups excluding carboxylic acids is 1. The fourth-order valence-electron chi connectivity index (χ4n) is 5.85. The van der Waals surface area contributed by atoms with Gasteiger partial charge in [0.25, 0.3) is 8.32 Å². The molecule has 6 nitrogen and oxygen atoms in total. The average Bonchev–Trinajstić information content (AvgIpc) is 2.86. The predicted molar refractivity (Wildman–Crippen MR) is 172 cm³/mol. The lowest BCUT2D eigenvalue weighted by atomic mass is 9.89. The Morgan fingerprint density at radius 1 is 0.976 bits per heavy atom. The van der Waals surface area contributed by atoms with Gasteiger partial charge in [-0.05, 0) is 76.4 Å². The monoisotopic (exact) mass is 598 g/mol. The molecule has 1 aromatic rings. The standard InChI is InChI=1S/C35H54O6Si/c1-21-14-16-27-29(32(41-42(12,13)35(7,8)9)31(38-11)26(6)30(27)37-10)34-39-28(25(5)33(36)40-34)17-15-22(2)19-24(4)20-23(3)18-21/h19,21-23,25,28,34H,15,17-18,20H2,1-13H3/b24-19-/t21-,22+,23+,25+,28-,34-/m1/s1. The molecular formula is C35H54O6Si. The Kier molecular flexibility index (Phi) is 10.9. The summed E-state index contributed by atoms with van der Waals surface area (Å²) in [5, 5.41) is -0.0870. The molecule has 3 rings (SSSR count). The van der Waals surface area contributed by atoms with Gasteiger partial charge in [0, 0.05) is 11.5 Å². The van der Waals surface area contributed by atoms with Crippen LogP contribution in [0.4, 0.5) is 0 Å². The molecule has 1 aromatic carbocycles. The maximum Gasteiger partial charge on any atom is 0.313 e. The minimum Gasteiger partial charge on any atom is -0.541 e. The summed E-state index contributed by atoms with van der Waals surface area (Å²) in [7, 11) is 0.887. The summed E-state index contributed by atoms with van der Waals surface area (Å²) in [5.74, 6) is 8.99. The molecule has 6 atom stereocenters. The van der Waals surface area contributed by atoms with Gasteiger partial charge < -0.3 is 23.4 Å². The SMILES string of the molecule is COc1c(C)c(OC)c(O[Si](C)(C)C(C)(C)C)c2c1C#C[C@@H](C)C[C@H](C)C/C(C)=C\[C@@H](C)CC[C@H]1O[C@@H]2OC(=O)[C@H]1C. The average molecular weight is 599 g/mol. The third kappa shape index (κ3) is 7.55. The van der Waals surface area contributed by atoms with E-state index in [-0.39, 0.29) is 28.9 Å². The molecular weight excluding hydrogens is 544 g/mol. The van der Waals surface area contributed by atoms with Crippen LogP contribution in [0.5, 0.6) is 17.2 Å². The fourth-order valence-corrected chi connectivity index (χ4v) is 6.87. The molecule has 0 amide bonds. The molecule has 0 N–H and O–H groups in total. The molecule has 2 heterocycles. The highest BCUT2D eigenvalue weighted by Gasteiger charge is 2.45. The second kappa shape index (κ2) is 13.5. The Labute approximate surface area is 256 Å².